The highest BCUT2D eigenvalue weighted by Crippen LogP contribution is 2.36. The van der Waals surface area contributed by atoms with E-state index in [9.17, 15) is 16.8 Å². The van der Waals surface area contributed by atoms with E-state index in [0.717, 1.165) is 18.4 Å². The van der Waals surface area contributed by atoms with Crippen LogP contribution in [-0.4, -0.2) is 28.9 Å². The minimum Gasteiger partial charge on any atom is -0.263 e. The SMILES string of the molecule is C[C@H]1Cc2ccccc2N1S(=O)(=O)c1ccc(S(=O)(=O)NC2CC2)cc1. The van der Waals surface area contributed by atoms with Gasteiger partial charge in [0.25, 0.3) is 10.0 Å². The molecule has 2 aromatic carbocycles. The summed E-state index contributed by atoms with van der Waals surface area (Å²) in [5.74, 6) is 0. The van der Waals surface area contributed by atoms with E-state index in [0.29, 0.717) is 12.1 Å². The van der Waals surface area contributed by atoms with Crippen molar-refractivity contribution in [2.45, 2.75) is 48.1 Å². The van der Waals surface area contributed by atoms with Crippen LogP contribution in [0.3, 0.4) is 0 Å². The second-order valence-electron chi connectivity index (χ2n) is 6.85. The Morgan fingerprint density at radius 1 is 0.923 bits per heavy atom. The van der Waals surface area contributed by atoms with E-state index in [1.165, 1.54) is 28.6 Å². The molecule has 1 N–H and O–H groups in total. The molecule has 1 atom stereocenters. The van der Waals surface area contributed by atoms with Crippen molar-refractivity contribution in [3.8, 4) is 0 Å². The number of sulfonamides is 2. The number of rotatable bonds is 5. The number of nitrogens with one attached hydrogen (secondary N) is 1. The van der Waals surface area contributed by atoms with Crippen molar-refractivity contribution in [2.75, 3.05) is 4.31 Å². The van der Waals surface area contributed by atoms with Crippen molar-refractivity contribution in [1.29, 1.82) is 0 Å². The molecule has 1 heterocycles. The molecule has 2 aromatic rings. The van der Waals surface area contributed by atoms with E-state index in [1.807, 2.05) is 25.1 Å². The summed E-state index contributed by atoms with van der Waals surface area (Å²) in [6.45, 7) is 1.87. The van der Waals surface area contributed by atoms with Gasteiger partial charge < -0.3 is 0 Å². The summed E-state index contributed by atoms with van der Waals surface area (Å²) in [5.41, 5.74) is 1.68. The van der Waals surface area contributed by atoms with Crippen LogP contribution in [0.25, 0.3) is 0 Å². The van der Waals surface area contributed by atoms with Gasteiger partial charge in [-0.3, -0.25) is 4.31 Å². The summed E-state index contributed by atoms with van der Waals surface area (Å²) in [7, 11) is -7.35. The van der Waals surface area contributed by atoms with Crippen LogP contribution in [0.5, 0.6) is 0 Å². The molecule has 0 unspecified atom stereocenters. The van der Waals surface area contributed by atoms with Crippen LogP contribution in [0.2, 0.25) is 0 Å². The number of hydrogen-bond acceptors (Lipinski definition) is 4. The fourth-order valence-corrected chi connectivity index (χ4v) is 6.29. The number of para-hydroxylation sites is 1. The summed E-state index contributed by atoms with van der Waals surface area (Å²) in [5, 5.41) is 0. The van der Waals surface area contributed by atoms with E-state index in [2.05, 4.69) is 4.72 Å². The molecule has 0 aromatic heterocycles. The number of hydrogen-bond donors (Lipinski definition) is 1. The molecule has 1 saturated carbocycles. The van der Waals surface area contributed by atoms with Crippen molar-refractivity contribution in [1.82, 2.24) is 4.72 Å². The van der Waals surface area contributed by atoms with Gasteiger partial charge in [-0.2, -0.15) is 0 Å². The molecule has 1 fully saturated rings. The molecule has 4 rings (SSSR count). The van der Waals surface area contributed by atoms with Crippen LogP contribution in [0.1, 0.15) is 25.3 Å². The van der Waals surface area contributed by atoms with Gasteiger partial charge in [0.1, 0.15) is 0 Å². The zero-order valence-electron chi connectivity index (χ0n) is 14.3. The Bertz CT molecular complexity index is 1040. The van der Waals surface area contributed by atoms with Crippen molar-refractivity contribution >= 4 is 25.7 Å². The Kier molecular flexibility index (Phi) is 4.09. The lowest BCUT2D eigenvalue weighted by Gasteiger charge is -2.24. The lowest BCUT2D eigenvalue weighted by atomic mass is 10.1. The normalized spacial score (nSPS) is 20.2. The molecule has 26 heavy (non-hydrogen) atoms. The Hall–Kier alpha value is -1.90. The minimum absolute atomic E-state index is 0.00496. The fraction of sp³-hybridized carbons (Fsp3) is 0.333. The molecule has 138 valence electrons. The van der Waals surface area contributed by atoms with Gasteiger partial charge >= 0.3 is 0 Å². The Labute approximate surface area is 153 Å². The van der Waals surface area contributed by atoms with Gasteiger partial charge in [-0.15, -0.1) is 0 Å². The molecule has 0 amide bonds. The van der Waals surface area contributed by atoms with E-state index in [4.69, 9.17) is 0 Å². The van der Waals surface area contributed by atoms with Crippen molar-refractivity contribution in [2.24, 2.45) is 0 Å². The van der Waals surface area contributed by atoms with E-state index >= 15 is 0 Å². The molecular weight excluding hydrogens is 372 g/mol. The highest BCUT2D eigenvalue weighted by atomic mass is 32.2. The van der Waals surface area contributed by atoms with E-state index in [-0.39, 0.29) is 21.9 Å². The van der Waals surface area contributed by atoms with Crippen LogP contribution < -0.4 is 9.03 Å². The summed E-state index contributed by atoms with van der Waals surface area (Å²) in [4.78, 5) is 0.171. The lowest BCUT2D eigenvalue weighted by Crippen LogP contribution is -2.35. The molecule has 6 nitrogen and oxygen atoms in total. The predicted octanol–water partition coefficient (Wildman–Crippen LogP) is 2.27. The smallest absolute Gasteiger partial charge is 0.263 e. The van der Waals surface area contributed by atoms with Crippen LogP contribution in [-0.2, 0) is 26.5 Å². The fourth-order valence-electron chi connectivity index (χ4n) is 3.30. The molecular formula is C18H20N2O4S2. The molecule has 8 heteroatoms. The van der Waals surface area contributed by atoms with Gasteiger partial charge in [0, 0.05) is 12.1 Å². The molecule has 0 spiro atoms. The van der Waals surface area contributed by atoms with E-state index in [1.54, 1.807) is 6.07 Å². The second kappa shape index (κ2) is 6.07. The zero-order chi connectivity index (χ0) is 18.5. The first kappa shape index (κ1) is 17.5. The van der Waals surface area contributed by atoms with Gasteiger partial charge in [-0.25, -0.2) is 21.6 Å². The first-order chi connectivity index (χ1) is 12.3. The molecule has 2 aliphatic rings. The van der Waals surface area contributed by atoms with Gasteiger partial charge in [-0.1, -0.05) is 18.2 Å². The van der Waals surface area contributed by atoms with Crippen LogP contribution >= 0.6 is 0 Å². The summed E-state index contributed by atoms with van der Waals surface area (Å²) >= 11 is 0. The molecule has 0 saturated heterocycles. The predicted molar refractivity (Wildman–Crippen MR) is 99.1 cm³/mol. The zero-order valence-corrected chi connectivity index (χ0v) is 15.9. The molecule has 1 aliphatic heterocycles. The lowest BCUT2D eigenvalue weighted by molar-refractivity contribution is 0.578. The van der Waals surface area contributed by atoms with Crippen molar-refractivity contribution in [3.05, 3.63) is 54.1 Å². The summed E-state index contributed by atoms with van der Waals surface area (Å²) in [6.07, 6.45) is 2.35. The summed E-state index contributed by atoms with van der Waals surface area (Å²) in [6, 6.07) is 12.7. The second-order valence-corrected chi connectivity index (χ2v) is 10.4. The molecule has 0 bridgehead atoms. The minimum atomic E-state index is -3.76. The largest absolute Gasteiger partial charge is 0.264 e. The first-order valence-corrected chi connectivity index (χ1v) is 11.5. The maximum Gasteiger partial charge on any atom is 0.264 e. The monoisotopic (exact) mass is 392 g/mol. The topological polar surface area (TPSA) is 83.6 Å². The maximum atomic E-state index is 13.1. The third-order valence-electron chi connectivity index (χ3n) is 4.73. The highest BCUT2D eigenvalue weighted by molar-refractivity contribution is 7.93. The first-order valence-electron chi connectivity index (χ1n) is 8.54. The van der Waals surface area contributed by atoms with Crippen molar-refractivity contribution < 1.29 is 16.8 Å². The Balaban J connectivity index is 1.67. The standard InChI is InChI=1S/C18H20N2O4S2/c1-13-12-14-4-2-3-5-18(14)20(13)26(23,24)17-10-8-16(9-11-17)25(21,22)19-15-6-7-15/h2-5,8-11,13,15,19H,6-7,12H2,1H3/t13-/m0/s1. The number of fused-ring (bicyclic) bond motifs is 1. The summed E-state index contributed by atoms with van der Waals surface area (Å²) < 4.78 is 54.7. The third kappa shape index (κ3) is 3.02. The molecule has 1 aliphatic carbocycles. The Morgan fingerprint density at radius 3 is 2.19 bits per heavy atom. The number of anilines is 1. The quantitative estimate of drug-likeness (QED) is 0.846. The average Bonchev–Trinajstić information content (AvgIpc) is 3.32. The number of benzene rings is 2. The van der Waals surface area contributed by atoms with Crippen LogP contribution in [0.15, 0.2) is 58.3 Å². The average molecular weight is 393 g/mol. The molecule has 0 radical (unpaired) electrons. The van der Waals surface area contributed by atoms with E-state index < -0.39 is 20.0 Å². The third-order valence-corrected chi connectivity index (χ3v) is 8.21. The highest BCUT2D eigenvalue weighted by Gasteiger charge is 2.36. The van der Waals surface area contributed by atoms with Gasteiger partial charge in [0.15, 0.2) is 0 Å². The van der Waals surface area contributed by atoms with Crippen molar-refractivity contribution in [3.63, 3.8) is 0 Å². The van der Waals surface area contributed by atoms with Gasteiger partial charge in [0.05, 0.1) is 15.5 Å². The van der Waals surface area contributed by atoms with Crippen LogP contribution in [0, 0.1) is 0 Å². The van der Waals surface area contributed by atoms with Crippen LogP contribution in [0.4, 0.5) is 5.69 Å². The number of nitrogens with zero attached hydrogens (tertiary/aromatic N) is 1. The van der Waals surface area contributed by atoms with Gasteiger partial charge in [-0.05, 0) is 62.1 Å². The Morgan fingerprint density at radius 2 is 1.54 bits per heavy atom. The van der Waals surface area contributed by atoms with Gasteiger partial charge in [0.2, 0.25) is 10.0 Å². The maximum absolute atomic E-state index is 13.1.